The molecular weight excluding hydrogens is 262 g/mol. The highest BCUT2D eigenvalue weighted by molar-refractivity contribution is 7.92. The van der Waals surface area contributed by atoms with Crippen molar-refractivity contribution in [3.63, 3.8) is 0 Å². The van der Waals surface area contributed by atoms with Gasteiger partial charge in [0.2, 0.25) is 0 Å². The van der Waals surface area contributed by atoms with Crippen LogP contribution in [0.5, 0.6) is 0 Å². The van der Waals surface area contributed by atoms with Crippen LogP contribution in [0.25, 0.3) is 0 Å². The van der Waals surface area contributed by atoms with Gasteiger partial charge in [0.15, 0.2) is 9.84 Å². The van der Waals surface area contributed by atoms with Gasteiger partial charge in [-0.1, -0.05) is 25.7 Å². The Morgan fingerprint density at radius 1 is 1.05 bits per heavy atom. The first-order chi connectivity index (χ1) is 9.13. The largest absolute Gasteiger partial charge is 0.377 e. The number of hydrogen-bond acceptors (Lipinski definition) is 4. The van der Waals surface area contributed by atoms with Crippen LogP contribution in [0.15, 0.2) is 0 Å². The first-order valence-electron chi connectivity index (χ1n) is 7.64. The molecule has 0 amide bonds. The number of sulfone groups is 1. The van der Waals surface area contributed by atoms with Gasteiger partial charge in [-0.3, -0.25) is 0 Å². The van der Waals surface area contributed by atoms with Crippen LogP contribution in [0.3, 0.4) is 0 Å². The quantitative estimate of drug-likeness (QED) is 0.858. The lowest BCUT2D eigenvalue weighted by Crippen LogP contribution is -2.45. The molecule has 2 fully saturated rings. The van der Waals surface area contributed by atoms with Crippen molar-refractivity contribution in [2.24, 2.45) is 0 Å². The highest BCUT2D eigenvalue weighted by Crippen LogP contribution is 2.25. The molecule has 1 aliphatic carbocycles. The fourth-order valence-corrected chi connectivity index (χ4v) is 5.70. The van der Waals surface area contributed by atoms with Crippen molar-refractivity contribution in [1.29, 1.82) is 0 Å². The van der Waals surface area contributed by atoms with E-state index in [4.69, 9.17) is 4.74 Å². The Morgan fingerprint density at radius 2 is 1.79 bits per heavy atom. The highest BCUT2D eigenvalue weighted by atomic mass is 32.2. The Hall–Kier alpha value is -0.130. The zero-order chi connectivity index (χ0) is 13.7. The number of nitrogens with one attached hydrogen (secondary N) is 1. The second-order valence-corrected chi connectivity index (χ2v) is 8.15. The average molecular weight is 289 g/mol. The zero-order valence-electron chi connectivity index (χ0n) is 11.9. The molecule has 1 aliphatic heterocycles. The molecule has 0 aromatic heterocycles. The second kappa shape index (κ2) is 7.04. The normalized spacial score (nSPS) is 33.8. The molecule has 0 aromatic carbocycles. The maximum absolute atomic E-state index is 12.7. The summed E-state index contributed by atoms with van der Waals surface area (Å²) < 4.78 is 30.8. The third-order valence-corrected chi connectivity index (χ3v) is 6.80. The van der Waals surface area contributed by atoms with Crippen molar-refractivity contribution in [2.45, 2.75) is 68.8 Å². The maximum atomic E-state index is 12.7. The topological polar surface area (TPSA) is 55.4 Å². The van der Waals surface area contributed by atoms with Crippen LogP contribution in [-0.4, -0.2) is 45.2 Å². The van der Waals surface area contributed by atoms with Crippen molar-refractivity contribution in [2.75, 3.05) is 19.4 Å². The second-order valence-electron chi connectivity index (χ2n) is 5.89. The van der Waals surface area contributed by atoms with Crippen molar-refractivity contribution >= 4 is 9.84 Å². The third-order valence-electron chi connectivity index (χ3n) is 4.48. The van der Waals surface area contributed by atoms with Crippen LogP contribution in [0.2, 0.25) is 0 Å². The first-order valence-corrected chi connectivity index (χ1v) is 9.35. The van der Waals surface area contributed by atoms with Gasteiger partial charge >= 0.3 is 0 Å². The van der Waals surface area contributed by atoms with Gasteiger partial charge in [0.1, 0.15) is 0 Å². The monoisotopic (exact) mass is 289 g/mol. The van der Waals surface area contributed by atoms with Gasteiger partial charge in [0.05, 0.1) is 17.1 Å². The van der Waals surface area contributed by atoms with Crippen LogP contribution >= 0.6 is 0 Å². The standard InChI is InChI=1S/C14H27NO3S/c1-15-13-8-4-2-3-5-9-14(13)19(16,17)11-12-7-6-10-18-12/h12-15H,2-11H2,1H3. The van der Waals surface area contributed by atoms with E-state index in [9.17, 15) is 8.42 Å². The van der Waals surface area contributed by atoms with Crippen molar-refractivity contribution < 1.29 is 13.2 Å². The minimum absolute atomic E-state index is 0.0621. The molecule has 1 saturated carbocycles. The van der Waals surface area contributed by atoms with Crippen LogP contribution < -0.4 is 5.32 Å². The van der Waals surface area contributed by atoms with Crippen LogP contribution in [-0.2, 0) is 14.6 Å². The molecule has 0 aromatic rings. The SMILES string of the molecule is CNC1CCCCCCC1S(=O)(=O)CC1CCCO1. The van der Waals surface area contributed by atoms with E-state index in [1.807, 2.05) is 7.05 Å². The number of hydrogen-bond donors (Lipinski definition) is 1. The average Bonchev–Trinajstić information content (AvgIpc) is 2.80. The summed E-state index contributed by atoms with van der Waals surface area (Å²) in [5, 5.41) is 3.01. The van der Waals surface area contributed by atoms with Gasteiger partial charge in [-0.05, 0) is 32.7 Å². The van der Waals surface area contributed by atoms with Crippen molar-refractivity contribution in [1.82, 2.24) is 5.32 Å². The maximum Gasteiger partial charge on any atom is 0.157 e. The molecule has 1 saturated heterocycles. The molecule has 19 heavy (non-hydrogen) atoms. The Morgan fingerprint density at radius 3 is 2.42 bits per heavy atom. The van der Waals surface area contributed by atoms with E-state index in [0.29, 0.717) is 0 Å². The zero-order valence-corrected chi connectivity index (χ0v) is 12.8. The van der Waals surface area contributed by atoms with Crippen molar-refractivity contribution in [3.05, 3.63) is 0 Å². The smallest absolute Gasteiger partial charge is 0.157 e. The lowest BCUT2D eigenvalue weighted by atomic mass is 9.96. The number of ether oxygens (including phenoxy) is 1. The molecule has 0 radical (unpaired) electrons. The molecule has 1 N–H and O–H groups in total. The molecule has 4 nitrogen and oxygen atoms in total. The molecule has 5 heteroatoms. The minimum Gasteiger partial charge on any atom is -0.377 e. The van der Waals surface area contributed by atoms with Gasteiger partial charge < -0.3 is 10.1 Å². The summed E-state index contributed by atoms with van der Waals surface area (Å²) in [5.41, 5.74) is 0. The van der Waals surface area contributed by atoms with Crippen LogP contribution in [0.1, 0.15) is 51.4 Å². The molecule has 112 valence electrons. The summed E-state index contributed by atoms with van der Waals surface area (Å²) in [4.78, 5) is 0. The molecule has 3 atom stereocenters. The summed E-state index contributed by atoms with van der Waals surface area (Å²) in [7, 11) is -1.17. The van der Waals surface area contributed by atoms with Gasteiger partial charge in [0, 0.05) is 12.6 Å². The predicted molar refractivity (Wildman–Crippen MR) is 77.1 cm³/mol. The van der Waals surface area contributed by atoms with Crippen LogP contribution in [0, 0.1) is 0 Å². The minimum atomic E-state index is -3.06. The van der Waals surface area contributed by atoms with E-state index < -0.39 is 9.84 Å². The Balaban J connectivity index is 2.04. The Bertz CT molecular complexity index is 363. The highest BCUT2D eigenvalue weighted by Gasteiger charge is 2.35. The summed E-state index contributed by atoms with van der Waals surface area (Å²) in [6.07, 6.45) is 8.19. The lowest BCUT2D eigenvalue weighted by Gasteiger charge is -2.29. The van der Waals surface area contributed by atoms with E-state index in [2.05, 4.69) is 5.32 Å². The summed E-state index contributed by atoms with van der Waals surface area (Å²) in [6.45, 7) is 0.723. The van der Waals surface area contributed by atoms with E-state index in [0.717, 1.165) is 45.1 Å². The summed E-state index contributed by atoms with van der Waals surface area (Å²) >= 11 is 0. The Kier molecular flexibility index (Phi) is 5.66. The lowest BCUT2D eigenvalue weighted by molar-refractivity contribution is 0.127. The molecule has 3 unspecified atom stereocenters. The Labute approximate surface area is 117 Å². The van der Waals surface area contributed by atoms with Crippen LogP contribution in [0.4, 0.5) is 0 Å². The third kappa shape index (κ3) is 4.17. The van der Waals surface area contributed by atoms with Crippen molar-refractivity contribution in [3.8, 4) is 0 Å². The molecule has 2 aliphatic rings. The molecule has 2 rings (SSSR count). The number of rotatable bonds is 4. The van der Waals surface area contributed by atoms with Gasteiger partial charge in [-0.15, -0.1) is 0 Å². The predicted octanol–water partition coefficient (Wildman–Crippen LogP) is 1.89. The van der Waals surface area contributed by atoms with Gasteiger partial charge in [-0.25, -0.2) is 8.42 Å². The molecule has 1 heterocycles. The summed E-state index contributed by atoms with van der Waals surface area (Å²) in [6, 6.07) is 0.117. The molecule has 0 bridgehead atoms. The molecule has 0 spiro atoms. The van der Waals surface area contributed by atoms with Gasteiger partial charge in [-0.2, -0.15) is 0 Å². The fourth-order valence-electron chi connectivity index (χ4n) is 3.37. The van der Waals surface area contributed by atoms with E-state index in [1.165, 1.54) is 12.8 Å². The summed E-state index contributed by atoms with van der Waals surface area (Å²) in [5.74, 6) is 0.218. The van der Waals surface area contributed by atoms with E-state index in [-0.39, 0.29) is 23.1 Å². The van der Waals surface area contributed by atoms with Gasteiger partial charge in [0.25, 0.3) is 0 Å². The van der Waals surface area contributed by atoms with E-state index in [1.54, 1.807) is 0 Å². The first kappa shape index (κ1) is 15.3. The van der Waals surface area contributed by atoms with E-state index >= 15 is 0 Å². The fraction of sp³-hybridized carbons (Fsp3) is 1.00. The molecular formula is C14H27NO3S.